The molecule has 2 saturated heterocycles. The second-order valence-corrected chi connectivity index (χ2v) is 9.53. The molecular formula is C19H27FN2O3S. The van der Waals surface area contributed by atoms with Crippen molar-refractivity contribution in [2.45, 2.75) is 44.4 Å². The summed E-state index contributed by atoms with van der Waals surface area (Å²) in [6.07, 6.45) is 3.30. The van der Waals surface area contributed by atoms with Gasteiger partial charge in [-0.1, -0.05) is 6.92 Å². The molecule has 26 heavy (non-hydrogen) atoms. The van der Waals surface area contributed by atoms with E-state index in [1.165, 1.54) is 22.5 Å². The maximum absolute atomic E-state index is 13.3. The predicted octanol–water partition coefficient (Wildman–Crippen LogP) is 2.79. The van der Waals surface area contributed by atoms with Crippen molar-refractivity contribution in [2.75, 3.05) is 26.2 Å². The Bertz CT molecular complexity index is 773. The first kappa shape index (κ1) is 19.3. The van der Waals surface area contributed by atoms with Crippen molar-refractivity contribution in [3.63, 3.8) is 0 Å². The number of nitrogens with zero attached hydrogens (tertiary/aromatic N) is 2. The number of aryl methyl sites for hydroxylation is 1. The van der Waals surface area contributed by atoms with Gasteiger partial charge in [0.2, 0.25) is 15.9 Å². The highest BCUT2D eigenvalue weighted by Crippen LogP contribution is 2.28. The smallest absolute Gasteiger partial charge is 0.243 e. The minimum atomic E-state index is -3.65. The summed E-state index contributed by atoms with van der Waals surface area (Å²) in [4.78, 5) is 14.8. The van der Waals surface area contributed by atoms with Gasteiger partial charge in [-0.2, -0.15) is 4.31 Å². The topological polar surface area (TPSA) is 57.7 Å². The van der Waals surface area contributed by atoms with Gasteiger partial charge in [0.25, 0.3) is 0 Å². The van der Waals surface area contributed by atoms with Gasteiger partial charge in [-0.15, -0.1) is 0 Å². The molecule has 0 spiro atoms. The van der Waals surface area contributed by atoms with Crippen molar-refractivity contribution < 1.29 is 17.6 Å². The Balaban J connectivity index is 1.65. The molecule has 1 amide bonds. The van der Waals surface area contributed by atoms with Crippen LogP contribution in [0, 0.1) is 24.6 Å². The van der Waals surface area contributed by atoms with Gasteiger partial charge in [0.05, 0.1) is 4.90 Å². The number of carbonyl (C=O) groups excluding carboxylic acids is 1. The summed E-state index contributed by atoms with van der Waals surface area (Å²) in [7, 11) is -3.65. The third-order valence-electron chi connectivity index (χ3n) is 5.53. The zero-order valence-electron chi connectivity index (χ0n) is 15.4. The van der Waals surface area contributed by atoms with Gasteiger partial charge in [0.1, 0.15) is 5.82 Å². The van der Waals surface area contributed by atoms with E-state index in [-0.39, 0.29) is 16.7 Å². The molecule has 0 radical (unpaired) electrons. The van der Waals surface area contributed by atoms with E-state index in [0.717, 1.165) is 25.9 Å². The fraction of sp³-hybridized carbons (Fsp3) is 0.632. The van der Waals surface area contributed by atoms with Gasteiger partial charge >= 0.3 is 0 Å². The van der Waals surface area contributed by atoms with Crippen LogP contribution in [0.4, 0.5) is 4.39 Å². The highest BCUT2D eigenvalue weighted by molar-refractivity contribution is 7.89. The first-order chi connectivity index (χ1) is 12.3. The zero-order valence-corrected chi connectivity index (χ0v) is 16.3. The van der Waals surface area contributed by atoms with Crippen LogP contribution in [0.2, 0.25) is 0 Å². The highest BCUT2D eigenvalue weighted by atomic mass is 32.2. The van der Waals surface area contributed by atoms with E-state index in [4.69, 9.17) is 0 Å². The van der Waals surface area contributed by atoms with Crippen molar-refractivity contribution >= 4 is 15.9 Å². The third-order valence-corrected chi connectivity index (χ3v) is 7.59. The summed E-state index contributed by atoms with van der Waals surface area (Å²) in [5.74, 6) is 0.170. The fourth-order valence-electron chi connectivity index (χ4n) is 4.03. The molecule has 0 aromatic heterocycles. The lowest BCUT2D eigenvalue weighted by Crippen LogP contribution is -2.47. The maximum atomic E-state index is 13.3. The van der Waals surface area contributed by atoms with Crippen molar-refractivity contribution in [1.29, 1.82) is 0 Å². The molecule has 1 unspecified atom stereocenters. The first-order valence-corrected chi connectivity index (χ1v) is 10.8. The lowest BCUT2D eigenvalue weighted by molar-refractivity contribution is -0.138. The number of hydrogen-bond donors (Lipinski definition) is 0. The second-order valence-electron chi connectivity index (χ2n) is 7.62. The number of halogens is 1. The van der Waals surface area contributed by atoms with Gasteiger partial charge < -0.3 is 4.90 Å². The Labute approximate surface area is 155 Å². The van der Waals surface area contributed by atoms with Crippen molar-refractivity contribution in [2.24, 2.45) is 11.8 Å². The molecule has 2 aliphatic rings. The second kappa shape index (κ2) is 7.64. The minimum absolute atomic E-state index is 0.0962. The Kier molecular flexibility index (Phi) is 5.67. The number of sulfonamides is 1. The average molecular weight is 383 g/mol. The largest absolute Gasteiger partial charge is 0.342 e. The lowest BCUT2D eigenvalue weighted by atomic mass is 9.93. The van der Waals surface area contributed by atoms with Crippen LogP contribution in [0.5, 0.6) is 0 Å². The van der Waals surface area contributed by atoms with Crippen LogP contribution in [-0.2, 0) is 14.8 Å². The van der Waals surface area contributed by atoms with Crippen LogP contribution in [0.25, 0.3) is 0 Å². The van der Waals surface area contributed by atoms with Crippen LogP contribution in [0.15, 0.2) is 23.1 Å². The van der Waals surface area contributed by atoms with Crippen LogP contribution in [0.1, 0.15) is 38.2 Å². The van der Waals surface area contributed by atoms with Crippen LogP contribution < -0.4 is 0 Å². The van der Waals surface area contributed by atoms with Crippen molar-refractivity contribution in [1.82, 2.24) is 9.21 Å². The van der Waals surface area contributed by atoms with E-state index in [9.17, 15) is 17.6 Å². The third kappa shape index (κ3) is 3.93. The van der Waals surface area contributed by atoms with E-state index in [1.807, 2.05) is 4.90 Å². The fourth-order valence-corrected chi connectivity index (χ4v) is 5.71. The molecule has 1 aromatic carbocycles. The number of likely N-dealkylation sites (tertiary alicyclic amines) is 1. The molecule has 2 heterocycles. The van der Waals surface area contributed by atoms with Crippen LogP contribution in [0.3, 0.4) is 0 Å². The average Bonchev–Trinajstić information content (AvgIpc) is 2.61. The molecule has 2 aliphatic heterocycles. The number of benzene rings is 1. The summed E-state index contributed by atoms with van der Waals surface area (Å²) >= 11 is 0. The number of amides is 1. The Hall–Kier alpha value is -1.47. The Morgan fingerprint density at radius 1 is 1.15 bits per heavy atom. The van der Waals surface area contributed by atoms with E-state index in [0.29, 0.717) is 37.4 Å². The number of piperidine rings is 2. The summed E-state index contributed by atoms with van der Waals surface area (Å²) in [5, 5.41) is 0. The van der Waals surface area contributed by atoms with Gasteiger partial charge in [-0.05, 0) is 62.3 Å². The predicted molar refractivity (Wildman–Crippen MR) is 97.6 cm³/mol. The van der Waals surface area contributed by atoms with Gasteiger partial charge in [0, 0.05) is 32.1 Å². The lowest BCUT2D eigenvalue weighted by Gasteiger charge is -2.36. The summed E-state index contributed by atoms with van der Waals surface area (Å²) in [5.41, 5.74) is 0.408. The molecule has 144 valence electrons. The maximum Gasteiger partial charge on any atom is 0.243 e. The highest BCUT2D eigenvalue weighted by Gasteiger charge is 2.35. The standard InChI is InChI=1S/C19H27FN2O3S/c1-14-4-3-9-21(13-14)19(23)16-7-10-22(11-8-16)26(24,25)18-6-5-17(20)12-15(18)2/h5-6,12,14,16H,3-4,7-11,13H2,1-2H3. The monoisotopic (exact) mass is 382 g/mol. The molecule has 0 N–H and O–H groups in total. The summed E-state index contributed by atoms with van der Waals surface area (Å²) in [6, 6.07) is 3.74. The van der Waals surface area contributed by atoms with Gasteiger partial charge in [-0.25, -0.2) is 12.8 Å². The number of carbonyl (C=O) groups is 1. The first-order valence-electron chi connectivity index (χ1n) is 9.34. The molecular weight excluding hydrogens is 355 g/mol. The van der Waals surface area contributed by atoms with E-state index in [1.54, 1.807) is 6.92 Å². The SMILES string of the molecule is Cc1cc(F)ccc1S(=O)(=O)N1CCC(C(=O)N2CCCC(C)C2)CC1. The molecule has 3 rings (SSSR count). The van der Waals surface area contributed by atoms with E-state index in [2.05, 4.69) is 6.92 Å². The normalized spacial score (nSPS) is 23.2. The molecule has 0 aliphatic carbocycles. The Morgan fingerprint density at radius 3 is 2.46 bits per heavy atom. The van der Waals surface area contributed by atoms with Crippen molar-refractivity contribution in [3.8, 4) is 0 Å². The van der Waals surface area contributed by atoms with Crippen molar-refractivity contribution in [3.05, 3.63) is 29.6 Å². The number of hydrogen-bond acceptors (Lipinski definition) is 3. The molecule has 0 bridgehead atoms. The molecule has 5 nitrogen and oxygen atoms in total. The summed E-state index contributed by atoms with van der Waals surface area (Å²) in [6.45, 7) is 6.06. The molecule has 7 heteroatoms. The molecule has 1 atom stereocenters. The Morgan fingerprint density at radius 2 is 1.85 bits per heavy atom. The number of rotatable bonds is 3. The van der Waals surface area contributed by atoms with Gasteiger partial charge in [0.15, 0.2) is 0 Å². The minimum Gasteiger partial charge on any atom is -0.342 e. The molecule has 2 fully saturated rings. The van der Waals surface area contributed by atoms with Crippen LogP contribution in [-0.4, -0.2) is 49.7 Å². The summed E-state index contributed by atoms with van der Waals surface area (Å²) < 4.78 is 40.4. The van der Waals surface area contributed by atoms with E-state index < -0.39 is 15.8 Å². The quantitative estimate of drug-likeness (QED) is 0.808. The molecule has 1 aromatic rings. The van der Waals surface area contributed by atoms with Gasteiger partial charge in [-0.3, -0.25) is 4.79 Å². The van der Waals surface area contributed by atoms with E-state index >= 15 is 0 Å². The van der Waals surface area contributed by atoms with Crippen LogP contribution >= 0.6 is 0 Å². The molecule has 0 saturated carbocycles. The zero-order chi connectivity index (χ0) is 18.9.